The van der Waals surface area contributed by atoms with Gasteiger partial charge in [-0.05, 0) is 25.8 Å². The third-order valence-corrected chi connectivity index (χ3v) is 10.2. The second-order valence-corrected chi connectivity index (χ2v) is 15.2. The van der Waals surface area contributed by atoms with Crippen molar-refractivity contribution in [3.05, 3.63) is 0 Å². The SMILES string of the molecule is CC1[C@H](OCC(O)C(O)C(O)COP(=O)(O)O[C@@H]2C(C)[C@H](OCC(O)C(O)C(O)COP(=O)(O)OCCCCCN)O[C@@H]2CO)O[C@H](CO)[C@@H]1O. The molecule has 24 heteroatoms. The van der Waals surface area contributed by atoms with Crippen LogP contribution in [0.15, 0.2) is 0 Å². The Kier molecular flexibility index (Phi) is 20.4. The number of hydrogen-bond donors (Lipinski definition) is 12. The van der Waals surface area contributed by atoms with Gasteiger partial charge in [-0.1, -0.05) is 13.8 Å². The van der Waals surface area contributed by atoms with Crippen molar-refractivity contribution in [3.63, 3.8) is 0 Å². The van der Waals surface area contributed by atoms with E-state index in [-0.39, 0.29) is 6.61 Å². The number of nitrogens with two attached hydrogens (primary N) is 1. The van der Waals surface area contributed by atoms with Gasteiger partial charge in [0.25, 0.3) is 0 Å². The number of phosphoric acid groups is 2. The van der Waals surface area contributed by atoms with Crippen LogP contribution in [0.3, 0.4) is 0 Å². The molecule has 2 rings (SSSR count). The molecule has 0 bridgehead atoms. The summed E-state index contributed by atoms with van der Waals surface area (Å²) < 4.78 is 65.5. The first kappa shape index (κ1) is 46.8. The molecule has 0 radical (unpaired) electrons. The molecule has 2 aliphatic heterocycles. The second kappa shape index (κ2) is 22.3. The first-order valence-electron chi connectivity index (χ1n) is 16.4. The van der Waals surface area contributed by atoms with E-state index in [2.05, 4.69) is 4.52 Å². The van der Waals surface area contributed by atoms with E-state index in [1.54, 1.807) is 6.92 Å². The minimum Gasteiger partial charge on any atom is -0.394 e. The van der Waals surface area contributed by atoms with Crippen molar-refractivity contribution in [2.45, 2.75) is 107 Å². The maximum atomic E-state index is 12.7. The van der Waals surface area contributed by atoms with Gasteiger partial charge in [0.1, 0.15) is 54.9 Å². The van der Waals surface area contributed by atoms with Crippen LogP contribution in [0.2, 0.25) is 0 Å². The number of aliphatic hydroxyl groups excluding tert-OH is 9. The van der Waals surface area contributed by atoms with Gasteiger partial charge in [-0.3, -0.25) is 18.1 Å². The first-order chi connectivity index (χ1) is 23.9. The zero-order valence-electron chi connectivity index (χ0n) is 28.3. The molecule has 0 amide bonds. The van der Waals surface area contributed by atoms with Crippen LogP contribution in [0.5, 0.6) is 0 Å². The second-order valence-electron chi connectivity index (χ2n) is 12.4. The normalized spacial score (nSPS) is 32.9. The summed E-state index contributed by atoms with van der Waals surface area (Å²) in [6, 6.07) is 0. The molecule has 2 saturated heterocycles. The molecule has 0 saturated carbocycles. The summed E-state index contributed by atoms with van der Waals surface area (Å²) in [5, 5.41) is 90.3. The van der Waals surface area contributed by atoms with Gasteiger partial charge in [-0.2, -0.15) is 0 Å². The van der Waals surface area contributed by atoms with E-state index in [1.165, 1.54) is 6.92 Å². The third kappa shape index (κ3) is 15.0. The van der Waals surface area contributed by atoms with Gasteiger partial charge < -0.3 is 80.4 Å². The number of phosphoric ester groups is 2. The summed E-state index contributed by atoms with van der Waals surface area (Å²) >= 11 is 0. The lowest BCUT2D eigenvalue weighted by Crippen LogP contribution is -2.43. The Labute approximate surface area is 294 Å². The topological polar surface area (TPSA) is 357 Å². The molecule has 304 valence electrons. The van der Waals surface area contributed by atoms with Crippen molar-refractivity contribution >= 4 is 15.6 Å². The largest absolute Gasteiger partial charge is 0.472 e. The molecule has 10 unspecified atom stereocenters. The first-order valence-corrected chi connectivity index (χ1v) is 19.4. The van der Waals surface area contributed by atoms with Gasteiger partial charge in [-0.15, -0.1) is 0 Å². The fourth-order valence-electron chi connectivity index (χ4n) is 5.05. The maximum absolute atomic E-state index is 12.7. The molecule has 2 aliphatic rings. The molecule has 2 heterocycles. The number of unbranched alkanes of at least 4 members (excludes halogenated alkanes) is 2. The lowest BCUT2D eigenvalue weighted by atomic mass is 10.0. The molecule has 0 aromatic rings. The van der Waals surface area contributed by atoms with Crippen LogP contribution in [0.4, 0.5) is 0 Å². The van der Waals surface area contributed by atoms with Crippen LogP contribution in [0.1, 0.15) is 33.1 Å². The zero-order chi connectivity index (χ0) is 38.5. The van der Waals surface area contributed by atoms with Crippen LogP contribution in [0, 0.1) is 11.8 Å². The van der Waals surface area contributed by atoms with E-state index in [4.69, 9.17) is 38.3 Å². The molecule has 0 aromatic heterocycles. The predicted octanol–water partition coefficient (Wildman–Crippen LogP) is -3.98. The molecular weight excluding hydrogens is 736 g/mol. The molecule has 0 aromatic carbocycles. The highest BCUT2D eigenvalue weighted by Gasteiger charge is 2.47. The van der Waals surface area contributed by atoms with Gasteiger partial charge in [0.15, 0.2) is 12.6 Å². The van der Waals surface area contributed by atoms with E-state index in [0.717, 1.165) is 0 Å². The predicted molar refractivity (Wildman–Crippen MR) is 169 cm³/mol. The lowest BCUT2D eigenvalue weighted by molar-refractivity contribution is -0.182. The number of ether oxygens (including phenoxy) is 4. The van der Waals surface area contributed by atoms with Crippen LogP contribution in [-0.4, -0.2) is 182 Å². The smallest absolute Gasteiger partial charge is 0.394 e. The fourth-order valence-corrected chi connectivity index (χ4v) is 6.86. The van der Waals surface area contributed by atoms with Crippen molar-refractivity contribution in [2.75, 3.05) is 52.8 Å². The Hall–Kier alpha value is -0.340. The van der Waals surface area contributed by atoms with E-state index >= 15 is 0 Å². The van der Waals surface area contributed by atoms with E-state index in [0.29, 0.717) is 25.8 Å². The molecule has 0 spiro atoms. The Morgan fingerprint density at radius 1 is 0.667 bits per heavy atom. The summed E-state index contributed by atoms with van der Waals surface area (Å²) in [6.45, 7) is -1.04. The molecule has 0 aliphatic carbocycles. The van der Waals surface area contributed by atoms with Crippen LogP contribution in [0.25, 0.3) is 0 Å². The third-order valence-electron chi connectivity index (χ3n) is 8.25. The Bertz CT molecular complexity index is 1080. The molecule has 22 nitrogen and oxygen atoms in total. The van der Waals surface area contributed by atoms with Gasteiger partial charge in [-0.25, -0.2) is 9.13 Å². The molecule has 51 heavy (non-hydrogen) atoms. The van der Waals surface area contributed by atoms with Crippen molar-refractivity contribution < 1.29 is 102 Å². The minimum absolute atomic E-state index is 0.108. The fraction of sp³-hybridized carbons (Fsp3) is 1.00. The van der Waals surface area contributed by atoms with E-state index in [1.807, 2.05) is 0 Å². The Balaban J connectivity index is 1.80. The molecule has 13 N–H and O–H groups in total. The highest BCUT2D eigenvalue weighted by atomic mass is 31.2. The van der Waals surface area contributed by atoms with Gasteiger partial charge in [0.05, 0.1) is 52.4 Å². The summed E-state index contributed by atoms with van der Waals surface area (Å²) in [7, 11) is -9.60. The van der Waals surface area contributed by atoms with Crippen LogP contribution in [-0.2, 0) is 46.2 Å². The molecular formula is C27H55NO21P2. The van der Waals surface area contributed by atoms with E-state index in [9.17, 15) is 64.9 Å². The summed E-state index contributed by atoms with van der Waals surface area (Å²) in [5.41, 5.74) is 5.37. The standard InChI is InChI=1S/C27H55NO21P2/c1-14-22(35)20(8-29)47-26(14)42-10-16(31)24(37)19(34)13-46-51(40,41)49-25-15(2)27(48-21(25)9-30)43-11-17(32)23(36)18(33)12-45-50(38,39)44-7-5-3-4-6-28/h14-27,29-37H,3-13,28H2,1-2H3,(H,38,39)(H,40,41)/t14?,15?,16?,17?,18?,19?,20-,21-,22-,23?,24?,25-,26-,27-/m1/s1. The van der Waals surface area contributed by atoms with Crippen LogP contribution >= 0.6 is 15.6 Å². The summed E-state index contributed by atoms with van der Waals surface area (Å²) in [6.07, 6.45) is -16.3. The van der Waals surface area contributed by atoms with Gasteiger partial charge in [0.2, 0.25) is 0 Å². The highest BCUT2D eigenvalue weighted by Crippen LogP contribution is 2.49. The quantitative estimate of drug-likeness (QED) is 0.0293. The summed E-state index contributed by atoms with van der Waals surface area (Å²) in [5.74, 6) is -1.51. The average Bonchev–Trinajstić information content (AvgIpc) is 3.55. The van der Waals surface area contributed by atoms with Crippen LogP contribution < -0.4 is 5.73 Å². The van der Waals surface area contributed by atoms with Crippen molar-refractivity contribution in [1.82, 2.24) is 0 Å². The minimum atomic E-state index is -5.04. The number of rotatable bonds is 26. The maximum Gasteiger partial charge on any atom is 0.472 e. The highest BCUT2D eigenvalue weighted by molar-refractivity contribution is 7.47. The van der Waals surface area contributed by atoms with Gasteiger partial charge >= 0.3 is 15.6 Å². The Morgan fingerprint density at radius 3 is 1.63 bits per heavy atom. The monoisotopic (exact) mass is 791 g/mol. The number of aliphatic hydroxyl groups is 9. The van der Waals surface area contributed by atoms with Crippen molar-refractivity contribution in [1.29, 1.82) is 0 Å². The molecule has 2 fully saturated rings. The van der Waals surface area contributed by atoms with E-state index < -0.39 is 141 Å². The zero-order valence-corrected chi connectivity index (χ0v) is 30.1. The van der Waals surface area contributed by atoms with Gasteiger partial charge in [0, 0.05) is 11.8 Å². The Morgan fingerprint density at radius 2 is 1.14 bits per heavy atom. The lowest BCUT2D eigenvalue weighted by Gasteiger charge is -2.27. The summed E-state index contributed by atoms with van der Waals surface area (Å²) in [4.78, 5) is 20.0. The van der Waals surface area contributed by atoms with Crippen molar-refractivity contribution in [2.24, 2.45) is 17.6 Å². The molecule has 16 atom stereocenters. The number of hydrogen-bond acceptors (Lipinski definition) is 20. The van der Waals surface area contributed by atoms with Crippen molar-refractivity contribution in [3.8, 4) is 0 Å². The average molecular weight is 792 g/mol.